The fourth-order valence-electron chi connectivity index (χ4n) is 4.78. The quantitative estimate of drug-likeness (QED) is 0.339. The molecule has 1 aliphatic rings. The first-order valence-corrected chi connectivity index (χ1v) is 12.3. The number of hydrogen-bond donors (Lipinski definition) is 0. The van der Waals surface area contributed by atoms with Crippen molar-refractivity contribution in [2.75, 3.05) is 0 Å². The van der Waals surface area contributed by atoms with Crippen LogP contribution < -0.4 is 0 Å². The van der Waals surface area contributed by atoms with E-state index in [1.807, 2.05) is 24.3 Å². The highest BCUT2D eigenvalue weighted by Crippen LogP contribution is 2.37. The summed E-state index contributed by atoms with van der Waals surface area (Å²) < 4.78 is 14.9. The molecular weight excluding hydrogens is 415 g/mol. The maximum absolute atomic E-state index is 14.9. The molecule has 0 saturated carbocycles. The fraction of sp³-hybridized carbons (Fsp3) is 0.333. The Bertz CT molecular complexity index is 1080. The van der Waals surface area contributed by atoms with Gasteiger partial charge < -0.3 is 0 Å². The van der Waals surface area contributed by atoms with Gasteiger partial charge in [0.05, 0.1) is 5.02 Å². The van der Waals surface area contributed by atoms with Crippen molar-refractivity contribution in [1.82, 2.24) is 0 Å². The van der Waals surface area contributed by atoms with Gasteiger partial charge >= 0.3 is 0 Å². The Labute approximate surface area is 197 Å². The zero-order chi connectivity index (χ0) is 22.5. The molecule has 0 amide bonds. The van der Waals surface area contributed by atoms with Crippen molar-refractivity contribution in [3.63, 3.8) is 0 Å². The second-order valence-electron chi connectivity index (χ2n) is 8.92. The molecule has 1 atom stereocenters. The molecule has 4 rings (SSSR count). The average molecular weight is 447 g/mol. The number of allylic oxidation sites excluding steroid dienone is 2. The first-order valence-electron chi connectivity index (χ1n) is 12.0. The molecule has 0 aromatic heterocycles. The third-order valence-electron chi connectivity index (χ3n) is 6.65. The van der Waals surface area contributed by atoms with E-state index >= 15 is 0 Å². The van der Waals surface area contributed by atoms with E-state index in [-0.39, 0.29) is 10.8 Å². The number of rotatable bonds is 7. The van der Waals surface area contributed by atoms with Crippen molar-refractivity contribution in [3.05, 3.63) is 99.8 Å². The summed E-state index contributed by atoms with van der Waals surface area (Å²) in [5, 5.41) is 0.261. The van der Waals surface area contributed by atoms with Crippen LogP contribution in [0.25, 0.3) is 16.7 Å². The van der Waals surface area contributed by atoms with E-state index in [9.17, 15) is 4.39 Å². The van der Waals surface area contributed by atoms with Crippen molar-refractivity contribution in [2.45, 2.75) is 64.7 Å². The Morgan fingerprint density at radius 1 is 0.844 bits per heavy atom. The van der Waals surface area contributed by atoms with Crippen LogP contribution >= 0.6 is 11.6 Å². The SMILES string of the molecule is CCCc1ccc(C2CC=C(c3ccc(-c4ccc(CCC)c(Cl)c4F)cc3)CC2)cc1. The first kappa shape index (κ1) is 22.8. The highest BCUT2D eigenvalue weighted by molar-refractivity contribution is 6.31. The molecule has 0 nitrogen and oxygen atoms in total. The molecular formula is C30H32ClF. The van der Waals surface area contributed by atoms with Crippen LogP contribution in [0.2, 0.25) is 5.02 Å². The van der Waals surface area contributed by atoms with E-state index < -0.39 is 0 Å². The molecule has 32 heavy (non-hydrogen) atoms. The third-order valence-corrected chi connectivity index (χ3v) is 7.06. The summed E-state index contributed by atoms with van der Waals surface area (Å²) in [6.45, 7) is 4.30. The van der Waals surface area contributed by atoms with Gasteiger partial charge in [-0.1, -0.05) is 105 Å². The number of benzene rings is 3. The number of hydrogen-bond acceptors (Lipinski definition) is 0. The molecule has 3 aromatic rings. The highest BCUT2D eigenvalue weighted by Gasteiger charge is 2.18. The van der Waals surface area contributed by atoms with E-state index in [1.165, 1.54) is 35.1 Å². The molecule has 0 aliphatic heterocycles. The lowest BCUT2D eigenvalue weighted by Gasteiger charge is -2.23. The highest BCUT2D eigenvalue weighted by atomic mass is 35.5. The summed E-state index contributed by atoms with van der Waals surface area (Å²) in [5.74, 6) is 0.293. The van der Waals surface area contributed by atoms with Gasteiger partial charge in [0.2, 0.25) is 0 Å². The first-order chi connectivity index (χ1) is 15.6. The van der Waals surface area contributed by atoms with Crippen LogP contribution in [0, 0.1) is 5.82 Å². The van der Waals surface area contributed by atoms with E-state index in [0.29, 0.717) is 11.5 Å². The van der Waals surface area contributed by atoms with Crippen LogP contribution in [0.1, 0.15) is 74.1 Å². The molecule has 0 spiro atoms. The fourth-order valence-corrected chi connectivity index (χ4v) is 5.04. The minimum absolute atomic E-state index is 0.261. The maximum atomic E-state index is 14.9. The Morgan fingerprint density at radius 3 is 2.16 bits per heavy atom. The van der Waals surface area contributed by atoms with Gasteiger partial charge in [-0.15, -0.1) is 0 Å². The molecule has 2 heteroatoms. The van der Waals surface area contributed by atoms with Crippen molar-refractivity contribution >= 4 is 17.2 Å². The van der Waals surface area contributed by atoms with Gasteiger partial charge in [-0.2, -0.15) is 0 Å². The van der Waals surface area contributed by atoms with Crippen LogP contribution in [0.4, 0.5) is 4.39 Å². The monoisotopic (exact) mass is 446 g/mol. The Morgan fingerprint density at radius 2 is 1.53 bits per heavy atom. The second-order valence-corrected chi connectivity index (χ2v) is 9.30. The summed E-state index contributed by atoms with van der Waals surface area (Å²) in [6.07, 6.45) is 9.81. The van der Waals surface area contributed by atoms with Crippen LogP contribution in [-0.4, -0.2) is 0 Å². The smallest absolute Gasteiger partial charge is 0.149 e. The Hall–Kier alpha value is -2.38. The van der Waals surface area contributed by atoms with Gasteiger partial charge in [-0.3, -0.25) is 0 Å². The molecule has 0 heterocycles. The van der Waals surface area contributed by atoms with Crippen molar-refractivity contribution < 1.29 is 4.39 Å². The van der Waals surface area contributed by atoms with Crippen LogP contribution in [0.15, 0.2) is 66.7 Å². The van der Waals surface area contributed by atoms with Crippen LogP contribution in [0.3, 0.4) is 0 Å². The third kappa shape index (κ3) is 4.99. The molecule has 3 aromatic carbocycles. The zero-order valence-corrected chi connectivity index (χ0v) is 19.9. The van der Waals surface area contributed by atoms with Crippen LogP contribution in [0.5, 0.6) is 0 Å². The lowest BCUT2D eigenvalue weighted by Crippen LogP contribution is -2.04. The van der Waals surface area contributed by atoms with Gasteiger partial charge in [-0.25, -0.2) is 4.39 Å². The molecule has 0 N–H and O–H groups in total. The molecule has 0 radical (unpaired) electrons. The number of aryl methyl sites for hydroxylation is 2. The number of halogens is 2. The van der Waals surface area contributed by atoms with Crippen molar-refractivity contribution in [2.24, 2.45) is 0 Å². The zero-order valence-electron chi connectivity index (χ0n) is 19.1. The molecule has 166 valence electrons. The molecule has 0 bridgehead atoms. The van der Waals surface area contributed by atoms with E-state index in [0.717, 1.165) is 43.2 Å². The predicted octanol–water partition coefficient (Wildman–Crippen LogP) is 9.40. The topological polar surface area (TPSA) is 0 Å². The van der Waals surface area contributed by atoms with E-state index in [1.54, 1.807) is 0 Å². The average Bonchev–Trinajstić information content (AvgIpc) is 2.83. The lowest BCUT2D eigenvalue weighted by atomic mass is 9.82. The summed E-state index contributed by atoms with van der Waals surface area (Å²) in [6, 6.07) is 21.3. The van der Waals surface area contributed by atoms with Gasteiger partial charge in [0.1, 0.15) is 5.82 Å². The molecule has 1 aliphatic carbocycles. The minimum Gasteiger partial charge on any atom is -0.205 e. The largest absolute Gasteiger partial charge is 0.205 e. The van der Waals surface area contributed by atoms with Crippen molar-refractivity contribution in [1.29, 1.82) is 0 Å². The minimum atomic E-state index is -0.310. The molecule has 0 saturated heterocycles. The van der Waals surface area contributed by atoms with Crippen LogP contribution in [-0.2, 0) is 12.8 Å². The summed E-state index contributed by atoms with van der Waals surface area (Å²) in [5.41, 5.74) is 7.85. The summed E-state index contributed by atoms with van der Waals surface area (Å²) in [4.78, 5) is 0. The van der Waals surface area contributed by atoms with Gasteiger partial charge in [0, 0.05) is 5.56 Å². The summed E-state index contributed by atoms with van der Waals surface area (Å²) >= 11 is 6.28. The Kier molecular flexibility index (Phi) is 7.48. The normalized spacial score (nSPS) is 16.1. The molecule has 0 fully saturated rings. The van der Waals surface area contributed by atoms with E-state index in [4.69, 9.17) is 11.6 Å². The lowest BCUT2D eigenvalue weighted by molar-refractivity contribution is 0.625. The van der Waals surface area contributed by atoms with Crippen molar-refractivity contribution in [3.8, 4) is 11.1 Å². The maximum Gasteiger partial charge on any atom is 0.149 e. The second kappa shape index (κ2) is 10.5. The molecule has 1 unspecified atom stereocenters. The summed E-state index contributed by atoms with van der Waals surface area (Å²) in [7, 11) is 0. The van der Waals surface area contributed by atoms with Gasteiger partial charge in [0.15, 0.2) is 0 Å². The standard InChI is InChI=1S/C30H32ClF/c1-3-5-21-7-9-22(10-8-21)23-11-13-24(14-12-23)25-15-17-26(18-16-25)28-20-19-27(6-4-2)29(31)30(28)32/h7-10,13,15-20,23H,3-6,11-12,14H2,1-2H3. The Balaban J connectivity index is 1.46. The predicted molar refractivity (Wildman–Crippen MR) is 136 cm³/mol. The van der Waals surface area contributed by atoms with Gasteiger partial charge in [0.25, 0.3) is 0 Å². The van der Waals surface area contributed by atoms with E-state index in [2.05, 4.69) is 56.3 Å². The van der Waals surface area contributed by atoms with Gasteiger partial charge in [-0.05, 0) is 71.4 Å².